The Morgan fingerprint density at radius 1 is 1.40 bits per heavy atom. The van der Waals surface area contributed by atoms with E-state index in [0.29, 0.717) is 19.0 Å². The van der Waals surface area contributed by atoms with Gasteiger partial charge in [-0.3, -0.25) is 11.3 Å². The van der Waals surface area contributed by atoms with Crippen molar-refractivity contribution in [2.45, 2.75) is 25.3 Å². The van der Waals surface area contributed by atoms with Gasteiger partial charge in [0.1, 0.15) is 0 Å². The lowest BCUT2D eigenvalue weighted by atomic mass is 9.90. The number of hydrogen-bond donors (Lipinski definition) is 2. The molecule has 0 saturated carbocycles. The van der Waals surface area contributed by atoms with Crippen LogP contribution >= 0.6 is 0 Å². The highest BCUT2D eigenvalue weighted by Gasteiger charge is 2.27. The number of rotatable bonds is 5. The molecule has 1 aliphatic heterocycles. The number of benzene rings is 1. The summed E-state index contributed by atoms with van der Waals surface area (Å²) in [6.45, 7) is 1.24. The molecule has 0 aromatic heterocycles. The zero-order chi connectivity index (χ0) is 14.6. The van der Waals surface area contributed by atoms with Crippen molar-refractivity contribution < 1.29 is 8.42 Å². The summed E-state index contributed by atoms with van der Waals surface area (Å²) in [6.07, 6.45) is 4.11. The summed E-state index contributed by atoms with van der Waals surface area (Å²) in [6, 6.07) is 10.1. The van der Waals surface area contributed by atoms with Gasteiger partial charge in [-0.05, 0) is 30.7 Å². The Morgan fingerprint density at radius 3 is 2.70 bits per heavy atom. The summed E-state index contributed by atoms with van der Waals surface area (Å²) in [7, 11) is -3.08. The molecule has 3 N–H and O–H groups in total. The zero-order valence-electron chi connectivity index (χ0n) is 11.8. The predicted octanol–water partition coefficient (Wildman–Crippen LogP) is 1.25. The molecule has 0 bridgehead atoms. The van der Waals surface area contributed by atoms with Gasteiger partial charge in [0, 0.05) is 19.1 Å². The Hall–Kier alpha value is -0.950. The third-order valence-corrected chi connectivity index (χ3v) is 5.19. The lowest BCUT2D eigenvalue weighted by Gasteiger charge is -2.33. The molecule has 0 aliphatic carbocycles. The van der Waals surface area contributed by atoms with E-state index in [9.17, 15) is 8.42 Å². The zero-order valence-corrected chi connectivity index (χ0v) is 12.6. The van der Waals surface area contributed by atoms with Gasteiger partial charge in [0.05, 0.1) is 6.26 Å². The molecular formula is C14H23N3O2S. The van der Waals surface area contributed by atoms with Crippen LogP contribution in [0.3, 0.4) is 0 Å². The van der Waals surface area contributed by atoms with E-state index in [2.05, 4.69) is 5.43 Å². The van der Waals surface area contributed by atoms with Crippen LogP contribution in [0, 0.1) is 5.92 Å². The Balaban J connectivity index is 2.01. The minimum absolute atomic E-state index is 0.0701. The van der Waals surface area contributed by atoms with Crippen molar-refractivity contribution in [1.82, 2.24) is 9.73 Å². The van der Waals surface area contributed by atoms with Gasteiger partial charge in [-0.1, -0.05) is 30.3 Å². The first kappa shape index (κ1) is 15.4. The molecule has 5 nitrogen and oxygen atoms in total. The Kier molecular flexibility index (Phi) is 5.15. The van der Waals surface area contributed by atoms with Crippen molar-refractivity contribution in [1.29, 1.82) is 0 Å². The number of nitrogens with two attached hydrogens (primary N) is 1. The van der Waals surface area contributed by atoms with Crippen molar-refractivity contribution in [2.24, 2.45) is 11.8 Å². The minimum atomic E-state index is -3.08. The lowest BCUT2D eigenvalue weighted by molar-refractivity contribution is 0.238. The molecule has 1 aromatic rings. The maximum Gasteiger partial charge on any atom is 0.211 e. The molecule has 6 heteroatoms. The van der Waals surface area contributed by atoms with Gasteiger partial charge >= 0.3 is 0 Å². The summed E-state index contributed by atoms with van der Waals surface area (Å²) in [5.74, 6) is 6.01. The number of nitrogens with one attached hydrogen (secondary N) is 1. The molecule has 20 heavy (non-hydrogen) atoms. The molecule has 1 fully saturated rings. The minimum Gasteiger partial charge on any atom is -0.271 e. The fourth-order valence-corrected chi connectivity index (χ4v) is 3.78. The van der Waals surface area contributed by atoms with Crippen LogP contribution in [-0.2, 0) is 10.0 Å². The van der Waals surface area contributed by atoms with E-state index < -0.39 is 10.0 Å². The molecule has 2 atom stereocenters. The quantitative estimate of drug-likeness (QED) is 0.633. The van der Waals surface area contributed by atoms with Gasteiger partial charge < -0.3 is 0 Å². The number of sulfonamides is 1. The third kappa shape index (κ3) is 4.02. The van der Waals surface area contributed by atoms with Crippen LogP contribution in [0.15, 0.2) is 30.3 Å². The van der Waals surface area contributed by atoms with E-state index in [4.69, 9.17) is 5.84 Å². The monoisotopic (exact) mass is 297 g/mol. The Labute approximate surface area is 121 Å². The van der Waals surface area contributed by atoms with E-state index in [1.165, 1.54) is 6.26 Å². The highest BCUT2D eigenvalue weighted by atomic mass is 32.2. The van der Waals surface area contributed by atoms with Crippen LogP contribution in [0.25, 0.3) is 0 Å². The smallest absolute Gasteiger partial charge is 0.211 e. The lowest BCUT2D eigenvalue weighted by Crippen LogP contribution is -2.41. The maximum atomic E-state index is 11.6. The molecule has 112 valence electrons. The summed E-state index contributed by atoms with van der Waals surface area (Å²) >= 11 is 0. The predicted molar refractivity (Wildman–Crippen MR) is 80.3 cm³/mol. The van der Waals surface area contributed by atoms with Crippen molar-refractivity contribution in [3.8, 4) is 0 Å². The van der Waals surface area contributed by atoms with Crippen LogP contribution in [0.2, 0.25) is 0 Å². The van der Waals surface area contributed by atoms with Crippen LogP contribution in [0.1, 0.15) is 30.9 Å². The highest BCUT2D eigenvalue weighted by Crippen LogP contribution is 2.27. The molecule has 1 aromatic carbocycles. The first-order valence-electron chi connectivity index (χ1n) is 6.97. The number of piperidine rings is 1. The maximum absolute atomic E-state index is 11.6. The van der Waals surface area contributed by atoms with Crippen LogP contribution in [0.4, 0.5) is 0 Å². The van der Waals surface area contributed by atoms with Gasteiger partial charge in [0.15, 0.2) is 0 Å². The topological polar surface area (TPSA) is 75.4 Å². The molecule has 1 saturated heterocycles. The van der Waals surface area contributed by atoms with Crippen LogP contribution < -0.4 is 11.3 Å². The number of hydrazine groups is 1. The Morgan fingerprint density at radius 2 is 2.10 bits per heavy atom. The fourth-order valence-electron chi connectivity index (χ4n) is 2.84. The average Bonchev–Trinajstić information content (AvgIpc) is 2.45. The fraction of sp³-hybridized carbons (Fsp3) is 0.571. The second kappa shape index (κ2) is 6.67. The summed E-state index contributed by atoms with van der Waals surface area (Å²) in [4.78, 5) is 0. The summed E-state index contributed by atoms with van der Waals surface area (Å²) < 4.78 is 24.9. The Bertz CT molecular complexity index is 518. The van der Waals surface area contributed by atoms with Gasteiger partial charge in [-0.25, -0.2) is 12.7 Å². The summed E-state index contributed by atoms with van der Waals surface area (Å²) in [5, 5.41) is 0. The summed E-state index contributed by atoms with van der Waals surface area (Å²) in [5.41, 5.74) is 4.00. The van der Waals surface area contributed by atoms with E-state index in [0.717, 1.165) is 24.8 Å². The van der Waals surface area contributed by atoms with Crippen LogP contribution in [0.5, 0.6) is 0 Å². The molecule has 2 unspecified atom stereocenters. The molecule has 2 rings (SSSR count). The van der Waals surface area contributed by atoms with Gasteiger partial charge in [0.25, 0.3) is 0 Å². The van der Waals surface area contributed by atoms with E-state index in [1.807, 2.05) is 30.3 Å². The van der Waals surface area contributed by atoms with E-state index >= 15 is 0 Å². The van der Waals surface area contributed by atoms with E-state index in [-0.39, 0.29) is 6.04 Å². The van der Waals surface area contributed by atoms with Crippen molar-refractivity contribution in [3.05, 3.63) is 35.9 Å². The molecule has 0 radical (unpaired) electrons. The average molecular weight is 297 g/mol. The molecule has 1 aliphatic rings. The van der Waals surface area contributed by atoms with Gasteiger partial charge in [0.2, 0.25) is 10.0 Å². The second-order valence-corrected chi connectivity index (χ2v) is 7.48. The molecule has 0 amide bonds. The first-order chi connectivity index (χ1) is 9.50. The van der Waals surface area contributed by atoms with E-state index in [1.54, 1.807) is 4.31 Å². The first-order valence-corrected chi connectivity index (χ1v) is 8.81. The van der Waals surface area contributed by atoms with Gasteiger partial charge in [-0.15, -0.1) is 0 Å². The molecule has 1 heterocycles. The van der Waals surface area contributed by atoms with Crippen molar-refractivity contribution >= 4 is 10.0 Å². The van der Waals surface area contributed by atoms with Crippen molar-refractivity contribution in [2.75, 3.05) is 19.3 Å². The third-order valence-electron chi connectivity index (χ3n) is 3.92. The highest BCUT2D eigenvalue weighted by molar-refractivity contribution is 7.88. The number of nitrogens with zero attached hydrogens (tertiary/aromatic N) is 1. The molecule has 0 spiro atoms. The standard InChI is InChI=1S/C14H23N3O2S/c1-20(18,19)17-9-5-6-12(11-17)10-14(16-15)13-7-3-2-4-8-13/h2-4,7-8,12,14,16H,5-6,9-11,15H2,1H3. The van der Waals surface area contributed by atoms with Crippen molar-refractivity contribution in [3.63, 3.8) is 0 Å². The van der Waals surface area contributed by atoms with Gasteiger partial charge in [-0.2, -0.15) is 0 Å². The second-order valence-electron chi connectivity index (χ2n) is 5.49. The normalized spacial score (nSPS) is 22.6. The SMILES string of the molecule is CS(=O)(=O)N1CCCC(CC(NN)c2ccccc2)C1. The largest absolute Gasteiger partial charge is 0.271 e. The molecular weight excluding hydrogens is 274 g/mol. The number of hydrogen-bond acceptors (Lipinski definition) is 4. The van der Waals surface area contributed by atoms with Crippen LogP contribution in [-0.4, -0.2) is 32.1 Å².